The molecule has 0 saturated carbocycles. The fourth-order valence-electron chi connectivity index (χ4n) is 4.43. The summed E-state index contributed by atoms with van der Waals surface area (Å²) in [7, 11) is -3.47. The Balaban J connectivity index is 1.46. The maximum atomic E-state index is 12.8. The van der Waals surface area contributed by atoms with Gasteiger partial charge in [0.25, 0.3) is 5.91 Å². The van der Waals surface area contributed by atoms with Crippen LogP contribution in [0.25, 0.3) is 0 Å². The molecule has 34 heavy (non-hydrogen) atoms. The first-order valence-corrected chi connectivity index (χ1v) is 13.5. The van der Waals surface area contributed by atoms with Crippen LogP contribution in [-0.2, 0) is 29.4 Å². The van der Waals surface area contributed by atoms with Crippen molar-refractivity contribution in [2.75, 3.05) is 10.6 Å². The molecule has 6 heteroatoms. The van der Waals surface area contributed by atoms with Crippen molar-refractivity contribution in [2.45, 2.75) is 52.6 Å². The molecule has 3 aromatic carbocycles. The maximum absolute atomic E-state index is 12.8. The summed E-state index contributed by atoms with van der Waals surface area (Å²) in [4.78, 5) is 12.8. The third kappa shape index (κ3) is 5.33. The smallest absolute Gasteiger partial charge is 0.251 e. The molecule has 1 aliphatic carbocycles. The first-order chi connectivity index (χ1) is 16.1. The van der Waals surface area contributed by atoms with E-state index in [2.05, 4.69) is 23.5 Å². The Hall–Kier alpha value is -3.12. The molecule has 178 valence electrons. The van der Waals surface area contributed by atoms with Crippen molar-refractivity contribution in [1.82, 2.24) is 5.32 Å². The zero-order chi connectivity index (χ0) is 24.5. The first-order valence-electron chi connectivity index (χ1n) is 11.7. The zero-order valence-corrected chi connectivity index (χ0v) is 21.1. The second-order valence-corrected chi connectivity index (χ2v) is 11.2. The van der Waals surface area contributed by atoms with Gasteiger partial charge in [-0.05, 0) is 97.7 Å². The van der Waals surface area contributed by atoms with Gasteiger partial charge in [0.2, 0.25) is 10.0 Å². The molecule has 1 amide bonds. The van der Waals surface area contributed by atoms with Crippen LogP contribution in [0, 0.1) is 13.8 Å². The lowest BCUT2D eigenvalue weighted by atomic mass is 10.0. The number of anilines is 1. The molecule has 1 atom stereocenters. The largest absolute Gasteiger partial charge is 0.346 e. The van der Waals surface area contributed by atoms with Gasteiger partial charge in [-0.2, -0.15) is 0 Å². The van der Waals surface area contributed by atoms with Gasteiger partial charge in [0.05, 0.1) is 24.5 Å². The van der Waals surface area contributed by atoms with Gasteiger partial charge in [0, 0.05) is 5.56 Å². The van der Waals surface area contributed by atoms with Crippen molar-refractivity contribution in [3.8, 4) is 0 Å². The quantitative estimate of drug-likeness (QED) is 0.507. The van der Waals surface area contributed by atoms with Crippen LogP contribution >= 0.6 is 0 Å². The zero-order valence-electron chi connectivity index (χ0n) is 20.3. The molecular formula is C28H32N2O3S. The molecule has 5 nitrogen and oxygen atoms in total. The molecule has 0 heterocycles. The maximum Gasteiger partial charge on any atom is 0.251 e. The second-order valence-electron chi connectivity index (χ2n) is 9.31. The van der Waals surface area contributed by atoms with Gasteiger partial charge in [0.1, 0.15) is 0 Å². The molecule has 0 radical (unpaired) electrons. The molecule has 0 saturated heterocycles. The Morgan fingerprint density at radius 3 is 2.32 bits per heavy atom. The summed E-state index contributed by atoms with van der Waals surface area (Å²) in [5.41, 5.74) is 8.07. The molecule has 1 aliphatic rings. The van der Waals surface area contributed by atoms with E-state index in [0.29, 0.717) is 11.3 Å². The van der Waals surface area contributed by atoms with E-state index in [1.54, 1.807) is 12.1 Å². The van der Waals surface area contributed by atoms with Crippen LogP contribution in [0.5, 0.6) is 0 Å². The van der Waals surface area contributed by atoms with Gasteiger partial charge in [-0.3, -0.25) is 9.10 Å². The molecule has 1 N–H and O–H groups in total. The van der Waals surface area contributed by atoms with E-state index < -0.39 is 10.0 Å². The summed E-state index contributed by atoms with van der Waals surface area (Å²) in [6, 6.07) is 19.2. The Labute approximate surface area is 202 Å². The van der Waals surface area contributed by atoms with Gasteiger partial charge in [0.15, 0.2) is 0 Å². The Morgan fingerprint density at radius 2 is 1.65 bits per heavy atom. The van der Waals surface area contributed by atoms with E-state index in [1.165, 1.54) is 28.1 Å². The number of fused-ring (bicyclic) bond motifs is 1. The molecule has 3 aromatic rings. The summed E-state index contributed by atoms with van der Waals surface area (Å²) < 4.78 is 26.4. The van der Waals surface area contributed by atoms with Gasteiger partial charge in [-0.15, -0.1) is 0 Å². The highest BCUT2D eigenvalue weighted by atomic mass is 32.2. The van der Waals surface area contributed by atoms with E-state index in [0.717, 1.165) is 35.1 Å². The third-order valence-corrected chi connectivity index (χ3v) is 7.83. The van der Waals surface area contributed by atoms with E-state index >= 15 is 0 Å². The number of amides is 1. The van der Waals surface area contributed by atoms with Gasteiger partial charge >= 0.3 is 0 Å². The van der Waals surface area contributed by atoms with Crippen molar-refractivity contribution in [1.29, 1.82) is 0 Å². The molecule has 0 fully saturated rings. The summed E-state index contributed by atoms with van der Waals surface area (Å²) in [6.07, 6.45) is 4.66. The van der Waals surface area contributed by atoms with Gasteiger partial charge < -0.3 is 5.32 Å². The monoisotopic (exact) mass is 476 g/mol. The van der Waals surface area contributed by atoms with Gasteiger partial charge in [-0.25, -0.2) is 8.42 Å². The summed E-state index contributed by atoms with van der Waals surface area (Å²) in [6.45, 7) is 6.17. The van der Waals surface area contributed by atoms with Crippen molar-refractivity contribution in [3.05, 3.63) is 99.6 Å². The highest BCUT2D eigenvalue weighted by Crippen LogP contribution is 2.26. The minimum Gasteiger partial charge on any atom is -0.346 e. The third-order valence-electron chi connectivity index (χ3n) is 6.69. The SMILES string of the molecule is Cc1ccc(N(Cc2ccc(C(=O)NC(C)c3ccc4c(c3)CCC4)cc2)S(C)(=O)=O)cc1C. The topological polar surface area (TPSA) is 66.5 Å². The van der Waals surface area contributed by atoms with Crippen LogP contribution in [0.3, 0.4) is 0 Å². The summed E-state index contributed by atoms with van der Waals surface area (Å²) >= 11 is 0. The van der Waals surface area contributed by atoms with E-state index in [-0.39, 0.29) is 18.5 Å². The molecule has 0 bridgehead atoms. The molecule has 1 unspecified atom stereocenters. The van der Waals surface area contributed by atoms with E-state index in [9.17, 15) is 13.2 Å². The lowest BCUT2D eigenvalue weighted by Gasteiger charge is -2.23. The predicted molar refractivity (Wildman–Crippen MR) is 138 cm³/mol. The lowest BCUT2D eigenvalue weighted by Crippen LogP contribution is -2.29. The van der Waals surface area contributed by atoms with Gasteiger partial charge in [-0.1, -0.05) is 36.4 Å². The Morgan fingerprint density at radius 1 is 0.941 bits per heavy atom. The number of nitrogens with zero attached hydrogens (tertiary/aromatic N) is 1. The van der Waals surface area contributed by atoms with Crippen LogP contribution in [0.2, 0.25) is 0 Å². The number of carbonyl (C=O) groups excluding carboxylic acids is 1. The Kier molecular flexibility index (Phi) is 6.80. The average Bonchev–Trinajstić information content (AvgIpc) is 3.27. The number of benzene rings is 3. The van der Waals surface area contributed by atoms with Crippen molar-refractivity contribution in [2.24, 2.45) is 0 Å². The first kappa shape index (κ1) is 24.0. The van der Waals surface area contributed by atoms with E-state index in [4.69, 9.17) is 0 Å². The average molecular weight is 477 g/mol. The van der Waals surface area contributed by atoms with Crippen LogP contribution in [0.1, 0.15) is 63.1 Å². The van der Waals surface area contributed by atoms with Crippen LogP contribution in [0.15, 0.2) is 60.7 Å². The lowest BCUT2D eigenvalue weighted by molar-refractivity contribution is 0.0940. The van der Waals surface area contributed by atoms with Crippen molar-refractivity contribution in [3.63, 3.8) is 0 Å². The highest BCUT2D eigenvalue weighted by Gasteiger charge is 2.19. The molecule has 0 spiro atoms. The van der Waals surface area contributed by atoms with Crippen molar-refractivity contribution < 1.29 is 13.2 Å². The fourth-order valence-corrected chi connectivity index (χ4v) is 5.31. The molecule has 4 rings (SSSR count). The van der Waals surface area contributed by atoms with Crippen LogP contribution in [0.4, 0.5) is 5.69 Å². The standard InChI is InChI=1S/C28H32N2O3S/c1-19-8-15-27(16-20(19)2)30(34(4,32)33)18-22-9-11-24(12-10-22)28(31)29-21(3)25-14-13-23-6-5-7-26(23)17-25/h8-17,21H,5-7,18H2,1-4H3,(H,29,31). The predicted octanol–water partition coefficient (Wildman–Crippen LogP) is 5.25. The fraction of sp³-hybridized carbons (Fsp3) is 0.321. The number of carbonyl (C=O) groups is 1. The highest BCUT2D eigenvalue weighted by molar-refractivity contribution is 7.92. The number of rotatable bonds is 7. The molecule has 0 aromatic heterocycles. The van der Waals surface area contributed by atoms with Crippen LogP contribution in [-0.4, -0.2) is 20.6 Å². The molecular weight excluding hydrogens is 444 g/mol. The normalized spacial score (nSPS) is 13.9. The number of hydrogen-bond acceptors (Lipinski definition) is 3. The molecule has 0 aliphatic heterocycles. The summed E-state index contributed by atoms with van der Waals surface area (Å²) in [5, 5.41) is 3.08. The number of sulfonamides is 1. The van der Waals surface area contributed by atoms with E-state index in [1.807, 2.05) is 51.1 Å². The number of nitrogens with one attached hydrogen (secondary N) is 1. The minimum atomic E-state index is -3.47. The Bertz CT molecular complexity index is 1310. The number of hydrogen-bond donors (Lipinski definition) is 1. The van der Waals surface area contributed by atoms with Crippen LogP contribution < -0.4 is 9.62 Å². The van der Waals surface area contributed by atoms with Crippen molar-refractivity contribution >= 4 is 21.6 Å². The summed E-state index contributed by atoms with van der Waals surface area (Å²) in [5.74, 6) is -0.145. The number of aryl methyl sites for hydroxylation is 4. The second kappa shape index (κ2) is 9.63. The minimum absolute atomic E-state index is 0.0939.